The number of hydrogen-bond donors (Lipinski definition) is 0. The van der Waals surface area contributed by atoms with Crippen molar-refractivity contribution in [3.8, 4) is 0 Å². The molecule has 1 aliphatic rings. The maximum absolute atomic E-state index is 12.0. The third-order valence-electron chi connectivity index (χ3n) is 3.22. The van der Waals surface area contributed by atoms with Crippen LogP contribution < -0.4 is 0 Å². The van der Waals surface area contributed by atoms with Crippen LogP contribution in [0.3, 0.4) is 0 Å². The van der Waals surface area contributed by atoms with Crippen molar-refractivity contribution < 1.29 is 23.9 Å². The molecule has 0 saturated heterocycles. The van der Waals surface area contributed by atoms with Gasteiger partial charge in [0.15, 0.2) is 5.78 Å². The second-order valence-electron chi connectivity index (χ2n) is 4.56. The fourth-order valence-electron chi connectivity index (χ4n) is 2.23. The standard InChI is InChI=1S/C14H20O5/c1-3-18-13(17)14(9-6-7-12(14)16)8-4-5-10-19-11(2)15/h4-5H,3,6-10H2,1-2H3/b5-4-. The first-order chi connectivity index (χ1) is 9.03. The normalized spacial score (nSPS) is 22.7. The number of allylic oxidation sites excluding steroid dienone is 1. The lowest BCUT2D eigenvalue weighted by atomic mass is 9.81. The van der Waals surface area contributed by atoms with Gasteiger partial charge in [0.1, 0.15) is 12.0 Å². The molecule has 0 radical (unpaired) electrons. The van der Waals surface area contributed by atoms with Crippen molar-refractivity contribution in [3.63, 3.8) is 0 Å². The van der Waals surface area contributed by atoms with Gasteiger partial charge in [-0.3, -0.25) is 14.4 Å². The summed E-state index contributed by atoms with van der Waals surface area (Å²) in [5.41, 5.74) is -1.03. The minimum absolute atomic E-state index is 0.0527. The third kappa shape index (κ3) is 3.91. The maximum atomic E-state index is 12.0. The van der Waals surface area contributed by atoms with Gasteiger partial charge < -0.3 is 9.47 Å². The predicted molar refractivity (Wildman–Crippen MR) is 68.3 cm³/mol. The van der Waals surface area contributed by atoms with Gasteiger partial charge in [-0.05, 0) is 26.2 Å². The van der Waals surface area contributed by atoms with E-state index in [0.717, 1.165) is 6.42 Å². The summed E-state index contributed by atoms with van der Waals surface area (Å²) in [5, 5.41) is 0. The lowest BCUT2D eigenvalue weighted by Gasteiger charge is -2.23. The summed E-state index contributed by atoms with van der Waals surface area (Å²) in [4.78, 5) is 34.5. The van der Waals surface area contributed by atoms with Gasteiger partial charge >= 0.3 is 11.9 Å². The number of hydrogen-bond acceptors (Lipinski definition) is 5. The topological polar surface area (TPSA) is 69.7 Å². The minimum atomic E-state index is -1.03. The van der Waals surface area contributed by atoms with Gasteiger partial charge in [0.05, 0.1) is 6.61 Å². The molecule has 1 aliphatic carbocycles. The predicted octanol–water partition coefficient (Wildman–Crippen LogP) is 1.80. The number of ether oxygens (including phenoxy) is 2. The SMILES string of the molecule is CCOC(=O)C1(C/C=C\COC(C)=O)CCCC1=O. The zero-order valence-corrected chi connectivity index (χ0v) is 11.4. The van der Waals surface area contributed by atoms with Crippen molar-refractivity contribution in [2.75, 3.05) is 13.2 Å². The van der Waals surface area contributed by atoms with E-state index in [2.05, 4.69) is 0 Å². The highest BCUT2D eigenvalue weighted by atomic mass is 16.5. The first-order valence-corrected chi connectivity index (χ1v) is 6.52. The molecule has 0 aromatic carbocycles. The van der Waals surface area contributed by atoms with E-state index in [1.165, 1.54) is 6.92 Å². The van der Waals surface area contributed by atoms with Crippen LogP contribution in [0.25, 0.3) is 0 Å². The third-order valence-corrected chi connectivity index (χ3v) is 3.22. The molecular formula is C14H20O5. The molecule has 1 unspecified atom stereocenters. The van der Waals surface area contributed by atoms with Gasteiger partial charge in [-0.15, -0.1) is 0 Å². The largest absolute Gasteiger partial charge is 0.465 e. The van der Waals surface area contributed by atoms with Gasteiger partial charge in [0.25, 0.3) is 0 Å². The molecule has 106 valence electrons. The second-order valence-corrected chi connectivity index (χ2v) is 4.56. The molecule has 0 aromatic heterocycles. The number of esters is 2. The quantitative estimate of drug-likeness (QED) is 0.417. The zero-order valence-electron chi connectivity index (χ0n) is 11.4. The molecule has 1 saturated carbocycles. The summed E-state index contributed by atoms with van der Waals surface area (Å²) in [6, 6.07) is 0. The summed E-state index contributed by atoms with van der Waals surface area (Å²) in [7, 11) is 0. The number of Topliss-reactive ketones (excluding diaryl/α,β-unsaturated/α-hetero) is 1. The van der Waals surface area contributed by atoms with E-state index >= 15 is 0 Å². The van der Waals surface area contributed by atoms with E-state index < -0.39 is 11.4 Å². The smallest absolute Gasteiger partial charge is 0.319 e. The lowest BCUT2D eigenvalue weighted by molar-refractivity contribution is -0.158. The van der Waals surface area contributed by atoms with Crippen molar-refractivity contribution >= 4 is 17.7 Å². The fourth-order valence-corrected chi connectivity index (χ4v) is 2.23. The van der Waals surface area contributed by atoms with Crippen LogP contribution >= 0.6 is 0 Å². The Hall–Kier alpha value is -1.65. The molecule has 5 heteroatoms. The van der Waals surface area contributed by atoms with Crippen LogP contribution in [0.15, 0.2) is 12.2 Å². The molecule has 0 aliphatic heterocycles. The Balaban J connectivity index is 2.63. The Morgan fingerprint density at radius 3 is 2.58 bits per heavy atom. The van der Waals surface area contributed by atoms with E-state index in [1.807, 2.05) is 0 Å². The lowest BCUT2D eigenvalue weighted by Crippen LogP contribution is -2.36. The van der Waals surface area contributed by atoms with Gasteiger partial charge in [-0.1, -0.05) is 12.2 Å². The Morgan fingerprint density at radius 1 is 1.32 bits per heavy atom. The summed E-state index contributed by atoms with van der Waals surface area (Å²) in [6.07, 6.45) is 5.34. The van der Waals surface area contributed by atoms with E-state index in [-0.39, 0.29) is 25.0 Å². The molecule has 0 bridgehead atoms. The summed E-state index contributed by atoms with van der Waals surface area (Å²) in [5.74, 6) is -0.848. The molecule has 1 fully saturated rings. The zero-order chi connectivity index (χ0) is 14.3. The number of carbonyl (C=O) groups excluding carboxylic acids is 3. The maximum Gasteiger partial charge on any atom is 0.319 e. The Bertz CT molecular complexity index is 385. The molecule has 0 heterocycles. The summed E-state index contributed by atoms with van der Waals surface area (Å²) >= 11 is 0. The van der Waals surface area contributed by atoms with Crippen molar-refractivity contribution in [1.82, 2.24) is 0 Å². The van der Waals surface area contributed by atoms with Crippen LogP contribution in [0.2, 0.25) is 0 Å². The van der Waals surface area contributed by atoms with Gasteiger partial charge in [-0.2, -0.15) is 0 Å². The second kappa shape index (κ2) is 7.07. The summed E-state index contributed by atoms with van der Waals surface area (Å²) < 4.78 is 9.76. The van der Waals surface area contributed by atoms with Crippen LogP contribution in [0.1, 0.15) is 39.5 Å². The van der Waals surface area contributed by atoms with Gasteiger partial charge in [0, 0.05) is 13.3 Å². The highest BCUT2D eigenvalue weighted by Crippen LogP contribution is 2.39. The highest BCUT2D eigenvalue weighted by molar-refractivity contribution is 6.05. The van der Waals surface area contributed by atoms with Crippen LogP contribution in [-0.4, -0.2) is 30.9 Å². The first-order valence-electron chi connectivity index (χ1n) is 6.52. The number of ketones is 1. The van der Waals surface area contributed by atoms with Crippen molar-refractivity contribution in [2.24, 2.45) is 5.41 Å². The average molecular weight is 268 g/mol. The molecule has 0 aromatic rings. The van der Waals surface area contributed by atoms with Gasteiger partial charge in [-0.25, -0.2) is 0 Å². The van der Waals surface area contributed by atoms with Gasteiger partial charge in [0.2, 0.25) is 0 Å². The summed E-state index contributed by atoms with van der Waals surface area (Å²) in [6.45, 7) is 3.48. The van der Waals surface area contributed by atoms with Crippen molar-refractivity contribution in [3.05, 3.63) is 12.2 Å². The van der Waals surface area contributed by atoms with Crippen LogP contribution in [0.5, 0.6) is 0 Å². The number of carbonyl (C=O) groups is 3. The minimum Gasteiger partial charge on any atom is -0.465 e. The van der Waals surface area contributed by atoms with Crippen LogP contribution in [-0.2, 0) is 23.9 Å². The molecular weight excluding hydrogens is 248 g/mol. The molecule has 5 nitrogen and oxygen atoms in total. The van der Waals surface area contributed by atoms with E-state index in [0.29, 0.717) is 19.3 Å². The van der Waals surface area contributed by atoms with Crippen molar-refractivity contribution in [1.29, 1.82) is 0 Å². The first kappa shape index (κ1) is 15.4. The number of rotatable bonds is 6. The Labute approximate surface area is 112 Å². The highest BCUT2D eigenvalue weighted by Gasteiger charge is 2.48. The van der Waals surface area contributed by atoms with E-state index in [1.54, 1.807) is 19.1 Å². The van der Waals surface area contributed by atoms with E-state index in [4.69, 9.17) is 9.47 Å². The van der Waals surface area contributed by atoms with E-state index in [9.17, 15) is 14.4 Å². The van der Waals surface area contributed by atoms with Crippen molar-refractivity contribution in [2.45, 2.75) is 39.5 Å². The van der Waals surface area contributed by atoms with Crippen LogP contribution in [0.4, 0.5) is 0 Å². The average Bonchev–Trinajstić information content (AvgIpc) is 2.71. The molecule has 19 heavy (non-hydrogen) atoms. The molecule has 1 atom stereocenters. The molecule has 0 amide bonds. The Morgan fingerprint density at radius 2 is 2.05 bits per heavy atom. The molecule has 1 rings (SSSR count). The monoisotopic (exact) mass is 268 g/mol. The Kier molecular flexibility index (Phi) is 5.73. The van der Waals surface area contributed by atoms with Crippen LogP contribution in [0, 0.1) is 5.41 Å². The fraction of sp³-hybridized carbons (Fsp3) is 0.643. The molecule has 0 N–H and O–H groups in total. The molecule has 0 spiro atoms.